The van der Waals surface area contributed by atoms with Gasteiger partial charge in [-0.15, -0.1) is 0 Å². The van der Waals surface area contributed by atoms with Crippen LogP contribution in [0.25, 0.3) is 11.1 Å². The summed E-state index contributed by atoms with van der Waals surface area (Å²) in [6.07, 6.45) is -7.96. The van der Waals surface area contributed by atoms with E-state index in [-0.39, 0.29) is 17.2 Å². The molecule has 0 radical (unpaired) electrons. The van der Waals surface area contributed by atoms with Crippen LogP contribution in [-0.4, -0.2) is 15.6 Å². The lowest BCUT2D eigenvalue weighted by atomic mass is 9.99. The predicted molar refractivity (Wildman–Crippen MR) is 76.9 cm³/mol. The normalized spacial score (nSPS) is 13.3. The Balaban J connectivity index is 2.72. The Labute approximate surface area is 142 Å². The number of benzene rings is 1. The minimum absolute atomic E-state index is 0.0214. The van der Waals surface area contributed by atoms with Crippen LogP contribution in [0.1, 0.15) is 29.7 Å². The maximum Gasteiger partial charge on any atom is 0.416 e. The van der Waals surface area contributed by atoms with E-state index in [0.29, 0.717) is 12.1 Å². The molecule has 0 amide bonds. The fraction of sp³-hybridized carbons (Fsp3) is 0.250. The van der Waals surface area contributed by atoms with Gasteiger partial charge in [-0.25, -0.2) is 4.79 Å². The summed E-state index contributed by atoms with van der Waals surface area (Å²) < 4.78 is 78.8. The van der Waals surface area contributed by atoms with E-state index in [9.17, 15) is 31.1 Å². The Morgan fingerprint density at radius 1 is 1.08 bits per heavy atom. The lowest BCUT2D eigenvalue weighted by Gasteiger charge is -2.14. The van der Waals surface area contributed by atoms with Crippen molar-refractivity contribution in [2.75, 3.05) is 0 Å². The minimum Gasteiger partial charge on any atom is -0.480 e. The molecule has 1 atom stereocenters. The monoisotopic (exact) mass is 376 g/mol. The van der Waals surface area contributed by atoms with Crippen molar-refractivity contribution in [3.8, 4) is 17.2 Å². The maximum atomic E-state index is 13.0. The third-order valence-corrected chi connectivity index (χ3v) is 3.67. The van der Waals surface area contributed by atoms with Crippen molar-refractivity contribution in [3.63, 3.8) is 0 Å². The molecule has 0 aliphatic rings. The highest BCUT2D eigenvalue weighted by molar-refractivity contribution is 5.75. The molecule has 1 N–H and O–H groups in total. The number of alkyl halides is 6. The van der Waals surface area contributed by atoms with Crippen LogP contribution in [0.2, 0.25) is 0 Å². The van der Waals surface area contributed by atoms with Gasteiger partial charge >= 0.3 is 18.3 Å². The zero-order chi connectivity index (χ0) is 19.9. The van der Waals surface area contributed by atoms with Gasteiger partial charge in [-0.3, -0.25) is 0 Å². The molecule has 1 heterocycles. The molecule has 1 aromatic carbocycles. The van der Waals surface area contributed by atoms with Crippen molar-refractivity contribution in [2.24, 2.45) is 0 Å². The van der Waals surface area contributed by atoms with Gasteiger partial charge in [0.15, 0.2) is 0 Å². The second kappa shape index (κ2) is 6.40. The second-order valence-electron chi connectivity index (χ2n) is 5.45. The summed E-state index contributed by atoms with van der Waals surface area (Å²) in [6.45, 7) is 1.25. The summed E-state index contributed by atoms with van der Waals surface area (Å²) >= 11 is 0. The minimum atomic E-state index is -5.03. The zero-order valence-corrected chi connectivity index (χ0v) is 13.0. The van der Waals surface area contributed by atoms with Gasteiger partial charge in [-0.1, -0.05) is 0 Å². The van der Waals surface area contributed by atoms with Crippen LogP contribution in [0.4, 0.5) is 26.3 Å². The van der Waals surface area contributed by atoms with Gasteiger partial charge in [-0.05, 0) is 30.7 Å². The van der Waals surface area contributed by atoms with Crippen LogP contribution >= 0.6 is 0 Å². The average Bonchev–Trinajstić information content (AvgIpc) is 2.96. The summed E-state index contributed by atoms with van der Waals surface area (Å²) in [4.78, 5) is 11.0. The van der Waals surface area contributed by atoms with Gasteiger partial charge in [0.05, 0.1) is 16.7 Å². The van der Waals surface area contributed by atoms with E-state index in [0.717, 1.165) is 17.0 Å². The highest BCUT2D eigenvalue weighted by Crippen LogP contribution is 2.39. The van der Waals surface area contributed by atoms with E-state index < -0.39 is 41.1 Å². The molecule has 0 bridgehead atoms. The molecule has 4 nitrogen and oxygen atoms in total. The predicted octanol–water partition coefficient (Wildman–Crippen LogP) is 4.71. The molecular formula is C16H10F6N2O2. The van der Waals surface area contributed by atoms with E-state index in [1.165, 1.54) is 6.92 Å². The van der Waals surface area contributed by atoms with Crippen molar-refractivity contribution in [1.82, 2.24) is 4.57 Å². The summed E-state index contributed by atoms with van der Waals surface area (Å²) in [5, 5.41) is 18.1. The first kappa shape index (κ1) is 19.4. The van der Waals surface area contributed by atoms with Gasteiger partial charge in [-0.2, -0.15) is 31.6 Å². The third-order valence-electron chi connectivity index (χ3n) is 3.67. The molecule has 0 spiro atoms. The summed E-state index contributed by atoms with van der Waals surface area (Å²) in [7, 11) is 0. The molecule has 0 saturated heterocycles. The van der Waals surface area contributed by atoms with Crippen LogP contribution in [-0.2, 0) is 17.1 Å². The first-order valence-electron chi connectivity index (χ1n) is 6.99. The molecule has 1 aromatic heterocycles. The number of carbonyl (C=O) groups is 1. The van der Waals surface area contributed by atoms with E-state index in [4.69, 9.17) is 10.4 Å². The molecule has 0 aliphatic heterocycles. The summed E-state index contributed by atoms with van der Waals surface area (Å²) in [5.41, 5.74) is -4.00. The highest BCUT2D eigenvalue weighted by atomic mass is 19.4. The molecule has 0 saturated carbocycles. The van der Waals surface area contributed by atoms with Gasteiger partial charge in [0.1, 0.15) is 12.1 Å². The Kier molecular flexibility index (Phi) is 4.77. The molecule has 0 fully saturated rings. The zero-order valence-electron chi connectivity index (χ0n) is 13.0. The van der Waals surface area contributed by atoms with Gasteiger partial charge in [0, 0.05) is 18.0 Å². The Morgan fingerprint density at radius 3 is 1.96 bits per heavy atom. The number of nitrogens with zero attached hydrogens (tertiary/aromatic N) is 2. The summed E-state index contributed by atoms with van der Waals surface area (Å²) in [6, 6.07) is 1.44. The SMILES string of the molecule is CC(C(=O)O)n1cc(C#N)c(-c2cc(C(F)(F)F)cc(C(F)(F)F)c2)c1. The number of aromatic nitrogens is 1. The Bertz CT molecular complexity index is 857. The highest BCUT2D eigenvalue weighted by Gasteiger charge is 2.37. The number of nitriles is 1. The largest absolute Gasteiger partial charge is 0.480 e. The van der Waals surface area contributed by atoms with Crippen LogP contribution in [0.5, 0.6) is 0 Å². The quantitative estimate of drug-likeness (QED) is 0.789. The molecule has 2 rings (SSSR count). The van der Waals surface area contributed by atoms with Gasteiger partial charge in [0.2, 0.25) is 0 Å². The van der Waals surface area contributed by atoms with Crippen molar-refractivity contribution < 1.29 is 36.2 Å². The molecule has 1 unspecified atom stereocenters. The first-order valence-corrected chi connectivity index (χ1v) is 6.99. The fourth-order valence-corrected chi connectivity index (χ4v) is 2.26. The van der Waals surface area contributed by atoms with Crippen molar-refractivity contribution in [2.45, 2.75) is 25.3 Å². The smallest absolute Gasteiger partial charge is 0.416 e. The van der Waals surface area contributed by atoms with Crippen LogP contribution in [0.15, 0.2) is 30.6 Å². The third kappa shape index (κ3) is 3.82. The number of carboxylic acids is 1. The Hall–Kier alpha value is -2.96. The number of hydrogen-bond acceptors (Lipinski definition) is 2. The number of aliphatic carboxylic acids is 1. The van der Waals surface area contributed by atoms with Crippen molar-refractivity contribution in [1.29, 1.82) is 5.26 Å². The molecule has 138 valence electrons. The maximum absolute atomic E-state index is 13.0. The molecule has 0 aliphatic carbocycles. The van der Waals surface area contributed by atoms with Gasteiger partial charge < -0.3 is 9.67 Å². The standard InChI is InChI=1S/C16H10F6N2O2/c1-8(14(25)26)24-6-10(5-23)13(7-24)9-2-11(15(17,18)19)4-12(3-9)16(20,21)22/h2-4,6-8H,1H3,(H,25,26). The molecule has 2 aromatic rings. The summed E-state index contributed by atoms with van der Waals surface area (Å²) in [5.74, 6) is -1.28. The van der Waals surface area contributed by atoms with Crippen LogP contribution in [0, 0.1) is 11.3 Å². The fourth-order valence-electron chi connectivity index (χ4n) is 2.26. The van der Waals surface area contributed by atoms with E-state index >= 15 is 0 Å². The van der Waals surface area contributed by atoms with Gasteiger partial charge in [0.25, 0.3) is 0 Å². The molecule has 10 heteroatoms. The molecular weight excluding hydrogens is 366 g/mol. The number of rotatable bonds is 3. The average molecular weight is 376 g/mol. The van der Waals surface area contributed by atoms with Crippen LogP contribution in [0.3, 0.4) is 0 Å². The van der Waals surface area contributed by atoms with E-state index in [1.54, 1.807) is 6.07 Å². The first-order chi connectivity index (χ1) is 11.8. The lowest BCUT2D eigenvalue weighted by Crippen LogP contribution is -2.13. The Morgan fingerprint density at radius 2 is 1.58 bits per heavy atom. The van der Waals surface area contributed by atoms with E-state index in [1.807, 2.05) is 0 Å². The van der Waals surface area contributed by atoms with E-state index in [2.05, 4.69) is 0 Å². The molecule has 26 heavy (non-hydrogen) atoms. The van der Waals surface area contributed by atoms with Crippen molar-refractivity contribution >= 4 is 5.97 Å². The number of carboxylic acid groups (broad SMARTS) is 1. The lowest BCUT2D eigenvalue weighted by molar-refractivity contribution is -0.143. The topological polar surface area (TPSA) is 66.0 Å². The number of halogens is 6. The van der Waals surface area contributed by atoms with Crippen LogP contribution < -0.4 is 0 Å². The second-order valence-corrected chi connectivity index (χ2v) is 5.45. The van der Waals surface area contributed by atoms with Crippen molar-refractivity contribution in [3.05, 3.63) is 47.3 Å². The number of hydrogen-bond donors (Lipinski definition) is 1.